The summed E-state index contributed by atoms with van der Waals surface area (Å²) in [6.45, 7) is 4.54. The summed E-state index contributed by atoms with van der Waals surface area (Å²) < 4.78 is 28.7. The molecule has 0 saturated carbocycles. The van der Waals surface area contributed by atoms with Crippen LogP contribution in [0.4, 0.5) is 0 Å². The number of benzene rings is 1. The molecule has 20 heavy (non-hydrogen) atoms. The second kappa shape index (κ2) is 7.35. The molecule has 0 radical (unpaired) electrons. The van der Waals surface area contributed by atoms with E-state index in [1.165, 1.54) is 0 Å². The fraction of sp³-hybridized carbons (Fsp3) is 0.538. The summed E-state index contributed by atoms with van der Waals surface area (Å²) in [5.74, 6) is 0.360. The first-order valence-electron chi connectivity index (χ1n) is 6.26. The average molecular weight is 428 g/mol. The molecule has 1 atom stereocenters. The summed E-state index contributed by atoms with van der Waals surface area (Å²) in [7, 11) is 0.376. The lowest BCUT2D eigenvalue weighted by Crippen LogP contribution is -2.43. The van der Waals surface area contributed by atoms with Crippen molar-refractivity contribution < 1.29 is 8.42 Å². The van der Waals surface area contributed by atoms with E-state index in [0.29, 0.717) is 16.9 Å². The third-order valence-electron chi connectivity index (χ3n) is 3.10. The molecule has 1 unspecified atom stereocenters. The highest BCUT2D eigenvalue weighted by Gasteiger charge is 2.22. The number of likely N-dealkylation sites (N-methyl/N-ethyl adjacent to an activating group) is 1. The zero-order valence-electron chi connectivity index (χ0n) is 12.0. The molecule has 0 saturated heterocycles. The number of hydrogen-bond donors (Lipinski definition) is 1. The van der Waals surface area contributed by atoms with E-state index in [0.717, 1.165) is 4.47 Å². The Morgan fingerprint density at radius 2 is 1.85 bits per heavy atom. The fourth-order valence-corrected chi connectivity index (χ4v) is 4.52. The molecule has 1 N–H and O–H groups in total. The van der Waals surface area contributed by atoms with Crippen LogP contribution in [0, 0.1) is 5.92 Å². The minimum Gasteiger partial charge on any atom is -0.305 e. The van der Waals surface area contributed by atoms with Crippen LogP contribution in [0.15, 0.2) is 32.0 Å². The normalized spacial score (nSPS) is 14.0. The van der Waals surface area contributed by atoms with Gasteiger partial charge in [-0.15, -0.1) is 0 Å². The highest BCUT2D eigenvalue weighted by molar-refractivity contribution is 9.11. The SMILES string of the molecule is CC(C)C(CNS(=O)(=O)c1cc(Br)ccc1Br)N(C)C. The predicted molar refractivity (Wildman–Crippen MR) is 89.3 cm³/mol. The molecule has 1 aromatic carbocycles. The highest BCUT2D eigenvalue weighted by Crippen LogP contribution is 2.25. The van der Waals surface area contributed by atoms with Crippen LogP contribution < -0.4 is 4.72 Å². The number of halogens is 2. The Labute approximate surface area is 138 Å². The van der Waals surface area contributed by atoms with E-state index in [1.54, 1.807) is 18.2 Å². The highest BCUT2D eigenvalue weighted by atomic mass is 79.9. The van der Waals surface area contributed by atoms with Crippen LogP contribution in [0.2, 0.25) is 0 Å². The van der Waals surface area contributed by atoms with Crippen molar-refractivity contribution in [3.63, 3.8) is 0 Å². The molecule has 0 fully saturated rings. The number of rotatable bonds is 6. The van der Waals surface area contributed by atoms with Gasteiger partial charge in [-0.05, 0) is 54.1 Å². The number of hydrogen-bond acceptors (Lipinski definition) is 3. The average Bonchev–Trinajstić information content (AvgIpc) is 2.31. The first kappa shape index (κ1) is 18.1. The Morgan fingerprint density at radius 3 is 2.35 bits per heavy atom. The zero-order chi connectivity index (χ0) is 15.5. The molecule has 4 nitrogen and oxygen atoms in total. The second-order valence-corrected chi connectivity index (χ2v) is 8.71. The van der Waals surface area contributed by atoms with Crippen LogP contribution in [-0.4, -0.2) is 40.0 Å². The lowest BCUT2D eigenvalue weighted by atomic mass is 10.0. The minimum atomic E-state index is -3.53. The molecule has 0 spiro atoms. The number of nitrogens with zero attached hydrogens (tertiary/aromatic N) is 1. The largest absolute Gasteiger partial charge is 0.305 e. The van der Waals surface area contributed by atoms with Crippen molar-refractivity contribution in [1.82, 2.24) is 9.62 Å². The van der Waals surface area contributed by atoms with Crippen molar-refractivity contribution >= 4 is 41.9 Å². The summed E-state index contributed by atoms with van der Waals surface area (Å²) >= 11 is 6.57. The first-order valence-corrected chi connectivity index (χ1v) is 9.33. The van der Waals surface area contributed by atoms with Gasteiger partial charge in [-0.3, -0.25) is 0 Å². The Bertz CT molecular complexity index is 551. The van der Waals surface area contributed by atoms with E-state index >= 15 is 0 Å². The van der Waals surface area contributed by atoms with Crippen LogP contribution in [0.5, 0.6) is 0 Å². The van der Waals surface area contributed by atoms with Crippen molar-refractivity contribution in [2.45, 2.75) is 24.8 Å². The van der Waals surface area contributed by atoms with Crippen molar-refractivity contribution in [2.24, 2.45) is 5.92 Å². The molecular formula is C13H20Br2N2O2S. The van der Waals surface area contributed by atoms with Crippen LogP contribution in [-0.2, 0) is 10.0 Å². The zero-order valence-corrected chi connectivity index (χ0v) is 16.0. The van der Waals surface area contributed by atoms with E-state index in [4.69, 9.17) is 0 Å². The van der Waals surface area contributed by atoms with Gasteiger partial charge in [0.25, 0.3) is 0 Å². The van der Waals surface area contributed by atoms with E-state index in [9.17, 15) is 8.42 Å². The van der Waals surface area contributed by atoms with Gasteiger partial charge in [-0.1, -0.05) is 29.8 Å². The van der Waals surface area contributed by atoms with E-state index in [-0.39, 0.29) is 10.9 Å². The first-order chi connectivity index (χ1) is 9.15. The maximum atomic E-state index is 12.4. The van der Waals surface area contributed by atoms with Crippen molar-refractivity contribution in [3.8, 4) is 0 Å². The summed E-state index contributed by atoms with van der Waals surface area (Å²) in [6, 6.07) is 5.24. The Morgan fingerprint density at radius 1 is 1.25 bits per heavy atom. The molecular weight excluding hydrogens is 408 g/mol. The van der Waals surface area contributed by atoms with Gasteiger partial charge in [0.15, 0.2) is 0 Å². The molecule has 0 aliphatic heterocycles. The van der Waals surface area contributed by atoms with Crippen molar-refractivity contribution in [1.29, 1.82) is 0 Å². The number of nitrogens with one attached hydrogen (secondary N) is 1. The molecule has 0 aliphatic carbocycles. The molecule has 0 aliphatic rings. The van der Waals surface area contributed by atoms with Gasteiger partial charge in [0.2, 0.25) is 10.0 Å². The summed E-state index contributed by atoms with van der Waals surface area (Å²) in [5.41, 5.74) is 0. The van der Waals surface area contributed by atoms with E-state index < -0.39 is 10.0 Å². The monoisotopic (exact) mass is 426 g/mol. The topological polar surface area (TPSA) is 49.4 Å². The quantitative estimate of drug-likeness (QED) is 0.758. The second-order valence-electron chi connectivity index (χ2n) is 5.20. The minimum absolute atomic E-state index is 0.149. The molecule has 7 heteroatoms. The Kier molecular flexibility index (Phi) is 6.66. The Balaban J connectivity index is 2.93. The molecule has 1 aromatic rings. The van der Waals surface area contributed by atoms with Gasteiger partial charge >= 0.3 is 0 Å². The van der Waals surface area contributed by atoms with Gasteiger partial charge in [0.1, 0.15) is 0 Å². The lowest BCUT2D eigenvalue weighted by molar-refractivity contribution is 0.233. The third-order valence-corrected chi connectivity index (χ3v) is 6.01. The molecule has 1 rings (SSSR count). The van der Waals surface area contributed by atoms with Crippen LogP contribution in [0.1, 0.15) is 13.8 Å². The molecule has 0 bridgehead atoms. The van der Waals surface area contributed by atoms with Crippen LogP contribution >= 0.6 is 31.9 Å². The Hall–Kier alpha value is 0.0500. The van der Waals surface area contributed by atoms with E-state index in [1.807, 2.05) is 19.0 Å². The maximum Gasteiger partial charge on any atom is 0.241 e. The summed E-state index contributed by atoms with van der Waals surface area (Å²) in [6.07, 6.45) is 0. The van der Waals surface area contributed by atoms with Crippen LogP contribution in [0.3, 0.4) is 0 Å². The van der Waals surface area contributed by atoms with Gasteiger partial charge in [0, 0.05) is 21.5 Å². The maximum absolute atomic E-state index is 12.4. The third kappa shape index (κ3) is 4.80. The standard InChI is InChI=1S/C13H20Br2N2O2S/c1-9(2)12(17(3)4)8-16-20(18,19)13-7-10(14)5-6-11(13)15/h5-7,9,12,16H,8H2,1-4H3. The van der Waals surface area contributed by atoms with Gasteiger partial charge < -0.3 is 4.90 Å². The van der Waals surface area contributed by atoms with E-state index in [2.05, 4.69) is 50.4 Å². The smallest absolute Gasteiger partial charge is 0.241 e. The number of sulfonamides is 1. The van der Waals surface area contributed by atoms with Gasteiger partial charge in [-0.25, -0.2) is 13.1 Å². The van der Waals surface area contributed by atoms with Crippen molar-refractivity contribution in [2.75, 3.05) is 20.6 Å². The predicted octanol–water partition coefficient (Wildman–Crippen LogP) is 3.08. The van der Waals surface area contributed by atoms with Crippen molar-refractivity contribution in [3.05, 3.63) is 27.1 Å². The molecule has 0 heterocycles. The van der Waals surface area contributed by atoms with Crippen LogP contribution in [0.25, 0.3) is 0 Å². The van der Waals surface area contributed by atoms with Gasteiger partial charge in [-0.2, -0.15) is 0 Å². The fourth-order valence-electron chi connectivity index (χ4n) is 1.97. The van der Waals surface area contributed by atoms with Gasteiger partial charge in [0.05, 0.1) is 4.90 Å². The lowest BCUT2D eigenvalue weighted by Gasteiger charge is -2.28. The molecule has 0 aromatic heterocycles. The summed E-state index contributed by atoms with van der Waals surface area (Å²) in [4.78, 5) is 2.27. The summed E-state index contributed by atoms with van der Waals surface area (Å²) in [5, 5.41) is 0. The molecule has 114 valence electrons. The molecule has 0 amide bonds.